The number of nitrogens with zero attached hydrogens (tertiary/aromatic N) is 2. The van der Waals surface area contributed by atoms with Crippen LogP contribution in [0, 0.1) is 6.92 Å². The Balaban J connectivity index is 1.61. The average Bonchev–Trinajstić information content (AvgIpc) is 3.45. The summed E-state index contributed by atoms with van der Waals surface area (Å²) in [6.07, 6.45) is 1.89. The van der Waals surface area contributed by atoms with Crippen LogP contribution in [0.4, 0.5) is 0 Å². The molecule has 4 rings (SSSR count). The van der Waals surface area contributed by atoms with E-state index in [4.69, 9.17) is 14.2 Å². The van der Waals surface area contributed by atoms with Crippen molar-refractivity contribution in [1.82, 2.24) is 9.88 Å². The van der Waals surface area contributed by atoms with E-state index in [0.717, 1.165) is 47.0 Å². The van der Waals surface area contributed by atoms with Crippen LogP contribution in [0.1, 0.15) is 39.8 Å². The molecule has 0 spiro atoms. The molecular weight excluding hydrogens is 412 g/mol. The van der Waals surface area contributed by atoms with Crippen LogP contribution in [0.15, 0.2) is 42.5 Å². The highest BCUT2D eigenvalue weighted by Crippen LogP contribution is 2.39. The number of likely N-dealkylation sites (tertiary alicyclic amines) is 1. The Labute approximate surface area is 186 Å². The van der Waals surface area contributed by atoms with E-state index in [1.54, 1.807) is 21.3 Å². The van der Waals surface area contributed by atoms with Gasteiger partial charge < -0.3 is 19.1 Å². The molecule has 3 aromatic rings. The smallest absolute Gasteiger partial charge is 0.266 e. The molecule has 0 bridgehead atoms. The summed E-state index contributed by atoms with van der Waals surface area (Å²) < 4.78 is 16.0. The Hall–Kier alpha value is -3.06. The van der Waals surface area contributed by atoms with Gasteiger partial charge in [0.15, 0.2) is 11.5 Å². The molecule has 1 fully saturated rings. The zero-order valence-corrected chi connectivity index (χ0v) is 19.0. The molecule has 1 aliphatic rings. The molecule has 1 amide bonds. The number of aryl methyl sites for hydroxylation is 1. The lowest BCUT2D eigenvalue weighted by Crippen LogP contribution is -2.30. The highest BCUT2D eigenvalue weighted by molar-refractivity contribution is 7.17. The summed E-state index contributed by atoms with van der Waals surface area (Å²) in [6, 6.07) is 13.6. The van der Waals surface area contributed by atoms with Gasteiger partial charge in [-0.05, 0) is 61.7 Å². The maximum absolute atomic E-state index is 13.5. The zero-order valence-electron chi connectivity index (χ0n) is 18.2. The average molecular weight is 439 g/mol. The fourth-order valence-electron chi connectivity index (χ4n) is 4.00. The number of thiazole rings is 1. The Morgan fingerprint density at radius 2 is 1.77 bits per heavy atom. The van der Waals surface area contributed by atoms with Gasteiger partial charge in [0.2, 0.25) is 0 Å². The van der Waals surface area contributed by atoms with Crippen molar-refractivity contribution in [1.29, 1.82) is 0 Å². The van der Waals surface area contributed by atoms with E-state index in [0.29, 0.717) is 16.4 Å². The van der Waals surface area contributed by atoms with Gasteiger partial charge >= 0.3 is 0 Å². The Morgan fingerprint density at radius 3 is 2.45 bits per heavy atom. The minimum absolute atomic E-state index is 0.0123. The van der Waals surface area contributed by atoms with E-state index < -0.39 is 0 Å². The molecule has 1 atom stereocenters. The number of aromatic nitrogens is 1. The molecular formula is C24H26N2O4S. The van der Waals surface area contributed by atoms with Crippen LogP contribution < -0.4 is 14.2 Å². The largest absolute Gasteiger partial charge is 0.497 e. The first-order chi connectivity index (χ1) is 15.0. The molecule has 31 heavy (non-hydrogen) atoms. The van der Waals surface area contributed by atoms with Crippen molar-refractivity contribution in [3.05, 3.63) is 58.6 Å². The van der Waals surface area contributed by atoms with E-state index >= 15 is 0 Å². The van der Waals surface area contributed by atoms with E-state index in [1.165, 1.54) is 11.3 Å². The molecule has 0 aliphatic carbocycles. The van der Waals surface area contributed by atoms with Crippen molar-refractivity contribution >= 4 is 17.2 Å². The minimum atomic E-state index is 0.0123. The normalized spacial score (nSPS) is 15.7. The SMILES string of the molecule is COc1ccc(-c2nc(C)c(C(=O)N3CCC[C@H]3c3ccc(OC)c(OC)c3)s2)cc1. The number of methoxy groups -OCH3 is 3. The lowest BCUT2D eigenvalue weighted by molar-refractivity contribution is 0.0739. The monoisotopic (exact) mass is 438 g/mol. The van der Waals surface area contributed by atoms with Gasteiger partial charge in [-0.2, -0.15) is 0 Å². The number of carbonyl (C=O) groups excluding carboxylic acids is 1. The lowest BCUT2D eigenvalue weighted by atomic mass is 10.0. The van der Waals surface area contributed by atoms with E-state index in [9.17, 15) is 4.79 Å². The van der Waals surface area contributed by atoms with Crippen molar-refractivity contribution < 1.29 is 19.0 Å². The third-order valence-electron chi connectivity index (χ3n) is 5.63. The molecule has 7 heteroatoms. The Kier molecular flexibility index (Phi) is 6.13. The maximum atomic E-state index is 13.5. The molecule has 0 saturated carbocycles. The van der Waals surface area contributed by atoms with Crippen molar-refractivity contribution in [2.45, 2.75) is 25.8 Å². The molecule has 0 N–H and O–H groups in total. The first-order valence-electron chi connectivity index (χ1n) is 10.2. The number of ether oxygens (including phenoxy) is 3. The van der Waals surface area contributed by atoms with Gasteiger partial charge in [0.25, 0.3) is 5.91 Å². The van der Waals surface area contributed by atoms with Crippen molar-refractivity contribution in [2.24, 2.45) is 0 Å². The molecule has 1 aromatic heterocycles. The summed E-state index contributed by atoms with van der Waals surface area (Å²) >= 11 is 1.44. The second kappa shape index (κ2) is 8.98. The Morgan fingerprint density at radius 1 is 1.03 bits per heavy atom. The summed E-state index contributed by atoms with van der Waals surface area (Å²) in [4.78, 5) is 20.8. The third kappa shape index (κ3) is 4.10. The Bertz CT molecular complexity index is 1080. The van der Waals surface area contributed by atoms with Gasteiger partial charge in [0.05, 0.1) is 33.1 Å². The number of carbonyl (C=O) groups is 1. The second-order valence-corrected chi connectivity index (χ2v) is 8.43. The van der Waals surface area contributed by atoms with Gasteiger partial charge in [-0.15, -0.1) is 11.3 Å². The molecule has 1 saturated heterocycles. The minimum Gasteiger partial charge on any atom is -0.497 e. The number of hydrogen-bond acceptors (Lipinski definition) is 6. The molecule has 162 valence electrons. The van der Waals surface area contributed by atoms with Crippen LogP contribution in [0.5, 0.6) is 17.2 Å². The first-order valence-corrected chi connectivity index (χ1v) is 11.0. The van der Waals surface area contributed by atoms with Gasteiger partial charge in [-0.1, -0.05) is 6.07 Å². The lowest BCUT2D eigenvalue weighted by Gasteiger charge is -2.25. The van der Waals surface area contributed by atoms with Crippen LogP contribution in [0.2, 0.25) is 0 Å². The van der Waals surface area contributed by atoms with Crippen molar-refractivity contribution in [3.8, 4) is 27.8 Å². The topological polar surface area (TPSA) is 60.9 Å². The summed E-state index contributed by atoms with van der Waals surface area (Å²) in [5.41, 5.74) is 2.80. The van der Waals surface area contributed by atoms with Crippen LogP contribution in [0.3, 0.4) is 0 Å². The van der Waals surface area contributed by atoms with Crippen molar-refractivity contribution in [2.75, 3.05) is 27.9 Å². The molecule has 6 nitrogen and oxygen atoms in total. The summed E-state index contributed by atoms with van der Waals surface area (Å²) in [7, 11) is 4.89. The van der Waals surface area contributed by atoms with Crippen molar-refractivity contribution in [3.63, 3.8) is 0 Å². The quantitative estimate of drug-likeness (QED) is 0.534. The van der Waals surface area contributed by atoms with E-state index in [-0.39, 0.29) is 11.9 Å². The van der Waals surface area contributed by atoms with Crippen LogP contribution in [0.25, 0.3) is 10.6 Å². The van der Waals surface area contributed by atoms with Gasteiger partial charge in [-0.3, -0.25) is 4.79 Å². The van der Waals surface area contributed by atoms with Crippen LogP contribution in [-0.4, -0.2) is 43.7 Å². The first kappa shape index (κ1) is 21.2. The summed E-state index contributed by atoms with van der Waals surface area (Å²) in [5.74, 6) is 2.19. The fraction of sp³-hybridized carbons (Fsp3) is 0.333. The highest BCUT2D eigenvalue weighted by atomic mass is 32.1. The number of amides is 1. The van der Waals surface area contributed by atoms with Crippen LogP contribution in [-0.2, 0) is 0 Å². The summed E-state index contributed by atoms with van der Waals surface area (Å²) in [5, 5.41) is 0.838. The summed E-state index contributed by atoms with van der Waals surface area (Å²) in [6.45, 7) is 2.63. The zero-order chi connectivity index (χ0) is 22.0. The number of hydrogen-bond donors (Lipinski definition) is 0. The molecule has 2 heterocycles. The number of rotatable bonds is 6. The molecule has 0 radical (unpaired) electrons. The van der Waals surface area contributed by atoms with Gasteiger partial charge in [0, 0.05) is 12.1 Å². The predicted molar refractivity (Wildman–Crippen MR) is 121 cm³/mol. The molecule has 0 unspecified atom stereocenters. The van der Waals surface area contributed by atoms with Gasteiger partial charge in [-0.25, -0.2) is 4.98 Å². The molecule has 2 aromatic carbocycles. The van der Waals surface area contributed by atoms with Crippen LogP contribution >= 0.6 is 11.3 Å². The fourth-order valence-corrected chi connectivity index (χ4v) is 5.03. The number of benzene rings is 2. The second-order valence-electron chi connectivity index (χ2n) is 7.43. The van der Waals surface area contributed by atoms with Gasteiger partial charge in [0.1, 0.15) is 15.6 Å². The van der Waals surface area contributed by atoms with E-state index in [1.807, 2.05) is 54.3 Å². The maximum Gasteiger partial charge on any atom is 0.266 e. The molecule has 1 aliphatic heterocycles. The third-order valence-corrected chi connectivity index (χ3v) is 6.83. The standard InChI is InChI=1S/C24H26N2O4S/c1-15-22(31-23(25-15)16-7-10-18(28-2)11-8-16)24(27)26-13-5-6-19(26)17-9-12-20(29-3)21(14-17)30-4/h7-12,14,19H,5-6,13H2,1-4H3/t19-/m0/s1. The predicted octanol–water partition coefficient (Wildman–Crippen LogP) is 5.12. The van der Waals surface area contributed by atoms with E-state index in [2.05, 4.69) is 4.98 Å². The highest BCUT2D eigenvalue weighted by Gasteiger charge is 2.33.